The van der Waals surface area contributed by atoms with Gasteiger partial charge in [0.1, 0.15) is 12.4 Å². The van der Waals surface area contributed by atoms with Gasteiger partial charge >= 0.3 is 6.18 Å². The molecule has 0 radical (unpaired) electrons. The number of nitrogens with one attached hydrogen (secondary N) is 1. The fourth-order valence-electron chi connectivity index (χ4n) is 1.71. The monoisotopic (exact) mass is 357 g/mol. The van der Waals surface area contributed by atoms with Gasteiger partial charge in [0, 0.05) is 17.1 Å². The summed E-state index contributed by atoms with van der Waals surface area (Å²) in [5.41, 5.74) is 0.517. The van der Waals surface area contributed by atoms with Crippen LogP contribution < -0.4 is 5.32 Å². The average molecular weight is 358 g/mol. The van der Waals surface area contributed by atoms with Gasteiger partial charge in [-0.05, 0) is 37.6 Å². The van der Waals surface area contributed by atoms with Crippen molar-refractivity contribution in [1.29, 1.82) is 0 Å². The van der Waals surface area contributed by atoms with E-state index >= 15 is 0 Å². The van der Waals surface area contributed by atoms with Crippen molar-refractivity contribution in [3.63, 3.8) is 0 Å². The van der Waals surface area contributed by atoms with E-state index < -0.39 is 12.8 Å². The topological polar surface area (TPSA) is 21.3 Å². The van der Waals surface area contributed by atoms with Crippen LogP contribution in [0.25, 0.3) is 0 Å². The fraction of sp³-hybridized carbons (Fsp3) is 0.538. The Morgan fingerprint density at radius 1 is 1.35 bits per heavy atom. The number of ether oxygens (including phenoxy) is 1. The van der Waals surface area contributed by atoms with E-state index in [2.05, 4.69) is 26.0 Å². The average Bonchev–Trinajstić information content (AvgIpc) is 2.34. The van der Waals surface area contributed by atoms with Crippen molar-refractivity contribution in [2.24, 2.45) is 0 Å². The lowest BCUT2D eigenvalue weighted by atomic mass is 10.0. The second-order valence-electron chi connectivity index (χ2n) is 4.38. The first-order valence-electron chi connectivity index (χ1n) is 6.07. The Labute approximate surface area is 123 Å². The van der Waals surface area contributed by atoms with Gasteiger partial charge < -0.3 is 10.1 Å². The molecule has 0 heterocycles. The predicted molar refractivity (Wildman–Crippen MR) is 72.1 cm³/mol. The molecule has 7 heteroatoms. The first-order chi connectivity index (χ1) is 9.31. The number of hydrogen-bond acceptors (Lipinski definition) is 2. The van der Waals surface area contributed by atoms with Gasteiger partial charge in [-0.3, -0.25) is 0 Å². The SMILES string of the molecule is CNC(CCOCC(F)(F)F)Cc1ccc(Br)cc1F. The van der Waals surface area contributed by atoms with E-state index in [0.717, 1.165) is 0 Å². The summed E-state index contributed by atoms with van der Waals surface area (Å²) in [7, 11) is 1.69. The van der Waals surface area contributed by atoms with E-state index in [0.29, 0.717) is 22.9 Å². The number of halogens is 5. The highest BCUT2D eigenvalue weighted by Gasteiger charge is 2.27. The van der Waals surface area contributed by atoms with E-state index in [1.807, 2.05) is 0 Å². The van der Waals surface area contributed by atoms with Gasteiger partial charge in [0.05, 0.1) is 0 Å². The van der Waals surface area contributed by atoms with Crippen LogP contribution in [0.4, 0.5) is 17.6 Å². The maximum absolute atomic E-state index is 13.7. The van der Waals surface area contributed by atoms with Crippen molar-refractivity contribution in [1.82, 2.24) is 5.32 Å². The third-order valence-corrected chi connectivity index (χ3v) is 3.26. The number of likely N-dealkylation sites (N-methyl/N-ethyl adjacent to an activating group) is 1. The third-order valence-electron chi connectivity index (χ3n) is 2.77. The summed E-state index contributed by atoms with van der Waals surface area (Å²) >= 11 is 3.17. The Hall–Kier alpha value is -0.660. The molecule has 0 bridgehead atoms. The molecule has 0 fully saturated rings. The lowest BCUT2D eigenvalue weighted by molar-refractivity contribution is -0.174. The van der Waals surface area contributed by atoms with Gasteiger partial charge in [0.2, 0.25) is 0 Å². The standard InChI is InChI=1S/C13H16BrF4NO/c1-19-11(4-5-20-8-13(16,17)18)6-9-2-3-10(14)7-12(9)15/h2-3,7,11,19H,4-6,8H2,1H3. The lowest BCUT2D eigenvalue weighted by Crippen LogP contribution is -2.30. The first kappa shape index (κ1) is 17.4. The summed E-state index contributed by atoms with van der Waals surface area (Å²) in [5, 5.41) is 2.95. The Kier molecular flexibility index (Phi) is 6.91. The van der Waals surface area contributed by atoms with Crippen molar-refractivity contribution >= 4 is 15.9 Å². The number of hydrogen-bond donors (Lipinski definition) is 1. The van der Waals surface area contributed by atoms with Gasteiger partial charge in [-0.25, -0.2) is 4.39 Å². The van der Waals surface area contributed by atoms with E-state index in [1.54, 1.807) is 19.2 Å². The quantitative estimate of drug-likeness (QED) is 0.593. The van der Waals surface area contributed by atoms with Crippen LogP contribution in [-0.2, 0) is 11.2 Å². The zero-order valence-corrected chi connectivity index (χ0v) is 12.5. The predicted octanol–water partition coefficient (Wildman–Crippen LogP) is 3.69. The molecule has 1 aromatic rings. The molecule has 0 aliphatic heterocycles. The molecule has 0 spiro atoms. The maximum atomic E-state index is 13.7. The van der Waals surface area contributed by atoms with Crippen molar-refractivity contribution < 1.29 is 22.3 Å². The number of rotatable bonds is 7. The molecule has 1 unspecified atom stereocenters. The van der Waals surface area contributed by atoms with Crippen molar-refractivity contribution in [3.05, 3.63) is 34.1 Å². The zero-order valence-electron chi connectivity index (χ0n) is 10.9. The van der Waals surface area contributed by atoms with Crippen LogP contribution in [0.3, 0.4) is 0 Å². The van der Waals surface area contributed by atoms with Gasteiger partial charge in [-0.2, -0.15) is 13.2 Å². The summed E-state index contributed by atoms with van der Waals surface area (Å²) in [6, 6.07) is 4.60. The molecule has 0 aromatic heterocycles. The van der Waals surface area contributed by atoms with E-state index in [-0.39, 0.29) is 18.5 Å². The van der Waals surface area contributed by atoms with Crippen LogP contribution in [0.15, 0.2) is 22.7 Å². The molecular formula is C13H16BrF4NO. The van der Waals surface area contributed by atoms with Gasteiger partial charge in [-0.1, -0.05) is 22.0 Å². The highest BCUT2D eigenvalue weighted by molar-refractivity contribution is 9.10. The van der Waals surface area contributed by atoms with Crippen molar-refractivity contribution in [2.45, 2.75) is 25.1 Å². The Bertz CT molecular complexity index is 425. The van der Waals surface area contributed by atoms with Crippen LogP contribution in [-0.4, -0.2) is 32.5 Å². The van der Waals surface area contributed by atoms with Gasteiger partial charge in [0.15, 0.2) is 0 Å². The van der Waals surface area contributed by atoms with Crippen LogP contribution in [0.1, 0.15) is 12.0 Å². The van der Waals surface area contributed by atoms with E-state index in [4.69, 9.17) is 0 Å². The minimum Gasteiger partial charge on any atom is -0.372 e. The van der Waals surface area contributed by atoms with Crippen molar-refractivity contribution in [3.8, 4) is 0 Å². The number of benzene rings is 1. The molecule has 1 rings (SSSR count). The summed E-state index contributed by atoms with van der Waals surface area (Å²) in [4.78, 5) is 0. The van der Waals surface area contributed by atoms with Crippen LogP contribution in [0.5, 0.6) is 0 Å². The zero-order chi connectivity index (χ0) is 15.2. The molecule has 2 nitrogen and oxygen atoms in total. The molecule has 20 heavy (non-hydrogen) atoms. The first-order valence-corrected chi connectivity index (χ1v) is 6.87. The fourth-order valence-corrected chi connectivity index (χ4v) is 2.05. The van der Waals surface area contributed by atoms with Gasteiger partial charge in [-0.15, -0.1) is 0 Å². The maximum Gasteiger partial charge on any atom is 0.411 e. The van der Waals surface area contributed by atoms with Crippen LogP contribution in [0.2, 0.25) is 0 Å². The number of alkyl halides is 3. The summed E-state index contributed by atoms with van der Waals surface area (Å²) in [5.74, 6) is -0.337. The highest BCUT2D eigenvalue weighted by Crippen LogP contribution is 2.18. The molecule has 0 aliphatic rings. The minimum absolute atomic E-state index is 0.0246. The molecule has 0 amide bonds. The molecule has 1 N–H and O–H groups in total. The second kappa shape index (κ2) is 7.95. The second-order valence-corrected chi connectivity index (χ2v) is 5.30. The normalized spacial score (nSPS) is 13.5. The molecule has 114 valence electrons. The Balaban J connectivity index is 2.43. The molecule has 0 saturated carbocycles. The highest BCUT2D eigenvalue weighted by atomic mass is 79.9. The van der Waals surface area contributed by atoms with Crippen LogP contribution >= 0.6 is 15.9 Å². The molecule has 1 atom stereocenters. The third kappa shape index (κ3) is 6.67. The Morgan fingerprint density at radius 2 is 2.05 bits per heavy atom. The van der Waals surface area contributed by atoms with Crippen molar-refractivity contribution in [2.75, 3.05) is 20.3 Å². The Morgan fingerprint density at radius 3 is 2.60 bits per heavy atom. The molecular weight excluding hydrogens is 342 g/mol. The molecule has 0 aliphatic carbocycles. The molecule has 1 aromatic carbocycles. The smallest absolute Gasteiger partial charge is 0.372 e. The summed E-state index contributed by atoms with van der Waals surface area (Å²) in [6.07, 6.45) is -3.54. The van der Waals surface area contributed by atoms with Crippen LogP contribution in [0, 0.1) is 5.82 Å². The summed E-state index contributed by atoms with van der Waals surface area (Å²) in [6.45, 7) is -1.28. The van der Waals surface area contributed by atoms with Gasteiger partial charge in [0.25, 0.3) is 0 Å². The lowest BCUT2D eigenvalue weighted by Gasteiger charge is -2.17. The van der Waals surface area contributed by atoms with E-state index in [9.17, 15) is 17.6 Å². The minimum atomic E-state index is -4.31. The summed E-state index contributed by atoms with van der Waals surface area (Å²) < 4.78 is 54.6. The molecule has 0 saturated heterocycles. The largest absolute Gasteiger partial charge is 0.411 e. The van der Waals surface area contributed by atoms with E-state index in [1.165, 1.54) is 6.07 Å².